The lowest BCUT2D eigenvalue weighted by atomic mass is 10.0. The summed E-state index contributed by atoms with van der Waals surface area (Å²) in [6.07, 6.45) is 0.198. The molecule has 212 valence electrons. The van der Waals surface area contributed by atoms with Crippen molar-refractivity contribution in [3.05, 3.63) is 132 Å². The molecule has 0 aromatic heterocycles. The van der Waals surface area contributed by atoms with E-state index < -0.39 is 40.2 Å². The molecule has 4 aromatic rings. The Morgan fingerprint density at radius 1 is 0.805 bits per heavy atom. The number of carbonyl (C=O) groups is 2. The van der Waals surface area contributed by atoms with Crippen molar-refractivity contribution in [3.63, 3.8) is 0 Å². The lowest BCUT2D eigenvalue weighted by Gasteiger charge is -2.33. The van der Waals surface area contributed by atoms with Crippen LogP contribution in [0.2, 0.25) is 0 Å². The van der Waals surface area contributed by atoms with Crippen molar-refractivity contribution < 1.29 is 22.4 Å². The molecule has 4 rings (SSSR count). The second kappa shape index (κ2) is 13.2. The quantitative estimate of drug-likeness (QED) is 0.282. The van der Waals surface area contributed by atoms with Crippen LogP contribution in [0.15, 0.2) is 114 Å². The second-order valence-corrected chi connectivity index (χ2v) is 11.5. The van der Waals surface area contributed by atoms with E-state index in [4.69, 9.17) is 0 Å². The summed E-state index contributed by atoms with van der Waals surface area (Å²) in [6.45, 7) is 1.27. The van der Waals surface area contributed by atoms with Gasteiger partial charge in [0, 0.05) is 20.0 Å². The molecule has 9 heteroatoms. The average molecular weight is 574 g/mol. The van der Waals surface area contributed by atoms with Crippen LogP contribution >= 0.6 is 0 Å². The van der Waals surface area contributed by atoms with Gasteiger partial charge >= 0.3 is 0 Å². The highest BCUT2D eigenvalue weighted by atomic mass is 32.2. The van der Waals surface area contributed by atoms with Crippen LogP contribution in [-0.2, 0) is 32.6 Å². The van der Waals surface area contributed by atoms with E-state index in [1.807, 2.05) is 37.3 Å². The summed E-state index contributed by atoms with van der Waals surface area (Å²) < 4.78 is 42.5. The molecular weight excluding hydrogens is 541 g/mol. The van der Waals surface area contributed by atoms with Crippen molar-refractivity contribution in [2.24, 2.45) is 0 Å². The normalized spacial score (nSPS) is 11.9. The summed E-state index contributed by atoms with van der Waals surface area (Å²) in [7, 11) is -2.67. The maximum Gasteiger partial charge on any atom is 0.264 e. The number of para-hydroxylation sites is 1. The molecule has 0 spiro atoms. The third kappa shape index (κ3) is 7.37. The van der Waals surface area contributed by atoms with Crippen LogP contribution in [0, 0.1) is 12.7 Å². The minimum Gasteiger partial charge on any atom is -0.357 e. The number of aryl methyl sites for hydroxylation is 1. The molecule has 0 saturated heterocycles. The van der Waals surface area contributed by atoms with E-state index >= 15 is 0 Å². The van der Waals surface area contributed by atoms with Crippen molar-refractivity contribution in [1.82, 2.24) is 10.2 Å². The van der Waals surface area contributed by atoms with Gasteiger partial charge in [0.25, 0.3) is 10.0 Å². The van der Waals surface area contributed by atoms with Crippen LogP contribution in [0.1, 0.15) is 16.7 Å². The van der Waals surface area contributed by atoms with Crippen LogP contribution < -0.4 is 9.62 Å². The zero-order valence-electron chi connectivity index (χ0n) is 22.9. The number of amides is 2. The molecule has 0 aliphatic carbocycles. The summed E-state index contributed by atoms with van der Waals surface area (Å²) in [4.78, 5) is 28.8. The largest absolute Gasteiger partial charge is 0.357 e. The molecule has 0 bridgehead atoms. The lowest BCUT2D eigenvalue weighted by Crippen LogP contribution is -2.53. The van der Waals surface area contributed by atoms with Gasteiger partial charge in [0.05, 0.1) is 10.6 Å². The molecule has 0 saturated carbocycles. The minimum atomic E-state index is -4.15. The molecule has 0 radical (unpaired) electrons. The average Bonchev–Trinajstić information content (AvgIpc) is 2.99. The highest BCUT2D eigenvalue weighted by Crippen LogP contribution is 2.25. The van der Waals surface area contributed by atoms with E-state index in [-0.39, 0.29) is 17.9 Å². The first kappa shape index (κ1) is 29.5. The zero-order valence-corrected chi connectivity index (χ0v) is 23.7. The van der Waals surface area contributed by atoms with Gasteiger partial charge in [-0.3, -0.25) is 13.9 Å². The van der Waals surface area contributed by atoms with Gasteiger partial charge in [0.2, 0.25) is 11.8 Å². The lowest BCUT2D eigenvalue weighted by molar-refractivity contribution is -0.139. The van der Waals surface area contributed by atoms with Gasteiger partial charge in [-0.05, 0) is 54.4 Å². The summed E-state index contributed by atoms with van der Waals surface area (Å²) in [6, 6.07) is 28.7. The van der Waals surface area contributed by atoms with E-state index in [0.29, 0.717) is 11.3 Å². The van der Waals surface area contributed by atoms with Gasteiger partial charge < -0.3 is 10.2 Å². The number of anilines is 1. The fourth-order valence-corrected chi connectivity index (χ4v) is 5.88. The first-order valence-electron chi connectivity index (χ1n) is 13.1. The van der Waals surface area contributed by atoms with Gasteiger partial charge in [0.15, 0.2) is 0 Å². The first-order valence-corrected chi connectivity index (χ1v) is 14.6. The fourth-order valence-electron chi connectivity index (χ4n) is 4.47. The van der Waals surface area contributed by atoms with Gasteiger partial charge in [-0.15, -0.1) is 0 Å². The molecule has 0 aliphatic heterocycles. The van der Waals surface area contributed by atoms with Crippen molar-refractivity contribution in [1.29, 1.82) is 0 Å². The highest BCUT2D eigenvalue weighted by molar-refractivity contribution is 7.92. The summed E-state index contributed by atoms with van der Waals surface area (Å²) in [5.41, 5.74) is 2.62. The molecule has 4 aromatic carbocycles. The second-order valence-electron chi connectivity index (χ2n) is 9.63. The Hall–Kier alpha value is -4.50. The predicted octanol–water partition coefficient (Wildman–Crippen LogP) is 4.72. The Kier molecular flexibility index (Phi) is 9.52. The van der Waals surface area contributed by atoms with Crippen LogP contribution in [0.3, 0.4) is 0 Å². The molecule has 0 unspecified atom stereocenters. The van der Waals surface area contributed by atoms with Gasteiger partial charge in [-0.1, -0.05) is 78.4 Å². The number of carbonyl (C=O) groups excluding carboxylic acids is 2. The molecule has 0 heterocycles. The predicted molar refractivity (Wildman–Crippen MR) is 157 cm³/mol. The summed E-state index contributed by atoms with van der Waals surface area (Å²) in [5.74, 6) is -1.42. The van der Waals surface area contributed by atoms with E-state index in [9.17, 15) is 22.4 Å². The number of sulfonamides is 1. The van der Waals surface area contributed by atoms with Crippen molar-refractivity contribution in [2.45, 2.75) is 30.8 Å². The molecule has 2 amide bonds. The third-order valence-corrected chi connectivity index (χ3v) is 8.50. The molecule has 7 nitrogen and oxygen atoms in total. The molecular formula is C32H32FN3O4S. The Bertz CT molecular complexity index is 1560. The molecule has 41 heavy (non-hydrogen) atoms. The standard InChI is InChI=1S/C32H32FN3O4S/c1-24-13-19-29(20-14-24)41(39,40)36(28-11-7-4-8-12-28)23-31(37)35(22-26-15-17-27(33)18-16-26)30(32(38)34-2)21-25-9-5-3-6-10-25/h3-20,30H,21-23H2,1-2H3,(H,34,38)/t30-/m1/s1. The van der Waals surface area contributed by atoms with Crippen LogP contribution in [0.4, 0.5) is 10.1 Å². The van der Waals surface area contributed by atoms with Crippen LogP contribution in [-0.4, -0.2) is 44.8 Å². The Balaban J connectivity index is 1.76. The number of likely N-dealkylation sites (N-methyl/N-ethyl adjacent to an activating group) is 1. The highest BCUT2D eigenvalue weighted by Gasteiger charge is 2.34. The van der Waals surface area contributed by atoms with Crippen molar-refractivity contribution in [3.8, 4) is 0 Å². The third-order valence-electron chi connectivity index (χ3n) is 6.72. The van der Waals surface area contributed by atoms with Crippen LogP contribution in [0.25, 0.3) is 0 Å². The van der Waals surface area contributed by atoms with Crippen molar-refractivity contribution in [2.75, 3.05) is 17.9 Å². The van der Waals surface area contributed by atoms with Crippen molar-refractivity contribution >= 4 is 27.5 Å². The number of benzene rings is 4. The minimum absolute atomic E-state index is 0.0305. The van der Waals surface area contributed by atoms with E-state index in [1.165, 1.54) is 48.3 Å². The number of rotatable bonds is 11. The number of halogens is 1. The molecule has 1 N–H and O–H groups in total. The van der Waals surface area contributed by atoms with Crippen LogP contribution in [0.5, 0.6) is 0 Å². The number of hydrogen-bond donors (Lipinski definition) is 1. The van der Waals surface area contributed by atoms with E-state index in [2.05, 4.69) is 5.32 Å². The van der Waals surface area contributed by atoms with Gasteiger partial charge in [-0.25, -0.2) is 12.8 Å². The number of hydrogen-bond acceptors (Lipinski definition) is 4. The number of nitrogens with zero attached hydrogens (tertiary/aromatic N) is 2. The number of nitrogens with one attached hydrogen (secondary N) is 1. The molecule has 1 atom stereocenters. The topological polar surface area (TPSA) is 86.8 Å². The maximum atomic E-state index is 14.1. The maximum absolute atomic E-state index is 14.1. The molecule has 0 fully saturated rings. The Labute approximate surface area is 240 Å². The summed E-state index contributed by atoms with van der Waals surface area (Å²) in [5, 5.41) is 2.64. The summed E-state index contributed by atoms with van der Waals surface area (Å²) >= 11 is 0. The monoisotopic (exact) mass is 573 g/mol. The smallest absolute Gasteiger partial charge is 0.264 e. The Morgan fingerprint density at radius 3 is 1.98 bits per heavy atom. The first-order chi connectivity index (χ1) is 19.7. The van der Waals surface area contributed by atoms with E-state index in [0.717, 1.165) is 15.4 Å². The SMILES string of the molecule is CNC(=O)[C@@H](Cc1ccccc1)N(Cc1ccc(F)cc1)C(=O)CN(c1ccccc1)S(=O)(=O)c1ccc(C)cc1. The van der Waals surface area contributed by atoms with E-state index in [1.54, 1.807) is 42.5 Å². The van der Waals surface area contributed by atoms with Gasteiger partial charge in [-0.2, -0.15) is 0 Å². The zero-order chi connectivity index (χ0) is 29.4. The Morgan fingerprint density at radius 2 is 1.39 bits per heavy atom. The molecule has 0 aliphatic rings. The van der Waals surface area contributed by atoms with Gasteiger partial charge in [0.1, 0.15) is 18.4 Å². The fraction of sp³-hybridized carbons (Fsp3) is 0.188.